The van der Waals surface area contributed by atoms with E-state index in [0.717, 1.165) is 38.5 Å². The zero-order chi connectivity index (χ0) is 14.7. The Hall–Kier alpha value is -1.66. The van der Waals surface area contributed by atoms with Gasteiger partial charge in [0.05, 0.1) is 12.3 Å². The first kappa shape index (κ1) is 14.3. The van der Waals surface area contributed by atoms with Crippen molar-refractivity contribution in [2.45, 2.75) is 26.0 Å². The molecule has 6 nitrogen and oxygen atoms in total. The molecule has 0 aromatic carbocycles. The molecule has 3 rings (SSSR count). The fraction of sp³-hybridized carbons (Fsp3) is 0.600. The molecule has 0 amide bonds. The second-order valence-electron chi connectivity index (χ2n) is 5.66. The molecule has 114 valence electrons. The summed E-state index contributed by atoms with van der Waals surface area (Å²) in [5.74, 6) is 1.59. The second-order valence-corrected chi connectivity index (χ2v) is 5.66. The molecule has 0 radical (unpaired) electrons. The molecule has 6 heteroatoms. The molecule has 2 aromatic rings. The summed E-state index contributed by atoms with van der Waals surface area (Å²) in [6.45, 7) is 5.76. The van der Waals surface area contributed by atoms with Crippen molar-refractivity contribution in [3.63, 3.8) is 0 Å². The van der Waals surface area contributed by atoms with E-state index in [0.29, 0.717) is 5.92 Å². The summed E-state index contributed by atoms with van der Waals surface area (Å²) in [6, 6.07) is 0. The van der Waals surface area contributed by atoms with Gasteiger partial charge in [0.15, 0.2) is 0 Å². The van der Waals surface area contributed by atoms with Crippen molar-refractivity contribution in [3.05, 3.63) is 36.2 Å². The predicted molar refractivity (Wildman–Crippen MR) is 79.8 cm³/mol. The third kappa shape index (κ3) is 3.33. The molecule has 3 heterocycles. The van der Waals surface area contributed by atoms with Crippen LogP contribution in [0.3, 0.4) is 0 Å². The monoisotopic (exact) mass is 289 g/mol. The molecule has 1 aliphatic rings. The number of aryl methyl sites for hydroxylation is 2. The predicted octanol–water partition coefficient (Wildman–Crippen LogP) is 1.29. The lowest BCUT2D eigenvalue weighted by Gasteiger charge is -2.18. The SMILES string of the molecule is Cc1nccn1CCNC[C@H]1CCO[C@@H]1c1cnn(C)c1. The molecule has 0 unspecified atom stereocenters. The minimum atomic E-state index is 0.182. The van der Waals surface area contributed by atoms with Gasteiger partial charge in [-0.3, -0.25) is 4.68 Å². The number of nitrogens with zero attached hydrogens (tertiary/aromatic N) is 4. The quantitative estimate of drug-likeness (QED) is 0.814. The lowest BCUT2D eigenvalue weighted by molar-refractivity contribution is 0.0904. The van der Waals surface area contributed by atoms with Gasteiger partial charge < -0.3 is 14.6 Å². The van der Waals surface area contributed by atoms with Crippen LogP contribution in [0.1, 0.15) is 23.9 Å². The fourth-order valence-corrected chi connectivity index (χ4v) is 2.93. The Morgan fingerprint density at radius 2 is 2.38 bits per heavy atom. The fourth-order valence-electron chi connectivity index (χ4n) is 2.93. The van der Waals surface area contributed by atoms with Crippen LogP contribution in [0.25, 0.3) is 0 Å². The average Bonchev–Trinajstić information content (AvgIpc) is 3.17. The van der Waals surface area contributed by atoms with Gasteiger partial charge in [0, 0.05) is 63.4 Å². The van der Waals surface area contributed by atoms with Crippen LogP contribution in [0.5, 0.6) is 0 Å². The molecule has 21 heavy (non-hydrogen) atoms. The third-order valence-electron chi connectivity index (χ3n) is 4.13. The van der Waals surface area contributed by atoms with Gasteiger partial charge in [-0.25, -0.2) is 4.98 Å². The number of hydrogen-bond acceptors (Lipinski definition) is 4. The number of rotatable bonds is 6. The zero-order valence-electron chi connectivity index (χ0n) is 12.7. The van der Waals surface area contributed by atoms with E-state index >= 15 is 0 Å². The van der Waals surface area contributed by atoms with Crippen LogP contribution in [0.4, 0.5) is 0 Å². The first-order valence-corrected chi connectivity index (χ1v) is 7.52. The first-order chi connectivity index (χ1) is 10.2. The molecule has 1 fully saturated rings. The first-order valence-electron chi connectivity index (χ1n) is 7.52. The van der Waals surface area contributed by atoms with Crippen LogP contribution >= 0.6 is 0 Å². The maximum atomic E-state index is 5.88. The van der Waals surface area contributed by atoms with Gasteiger partial charge in [0.25, 0.3) is 0 Å². The Bertz CT molecular complexity index is 576. The highest BCUT2D eigenvalue weighted by Gasteiger charge is 2.30. The lowest BCUT2D eigenvalue weighted by atomic mass is 9.97. The summed E-state index contributed by atoms with van der Waals surface area (Å²) >= 11 is 0. The summed E-state index contributed by atoms with van der Waals surface area (Å²) in [5.41, 5.74) is 1.19. The smallest absolute Gasteiger partial charge is 0.105 e. The van der Waals surface area contributed by atoms with E-state index in [1.54, 1.807) is 0 Å². The molecular formula is C15H23N5O. The van der Waals surface area contributed by atoms with Crippen LogP contribution < -0.4 is 5.32 Å². The van der Waals surface area contributed by atoms with Crippen molar-refractivity contribution in [1.82, 2.24) is 24.6 Å². The van der Waals surface area contributed by atoms with E-state index in [4.69, 9.17) is 4.74 Å². The zero-order valence-corrected chi connectivity index (χ0v) is 12.7. The minimum absolute atomic E-state index is 0.182. The summed E-state index contributed by atoms with van der Waals surface area (Å²) in [5, 5.41) is 7.79. The van der Waals surface area contributed by atoms with Crippen LogP contribution in [0.15, 0.2) is 24.8 Å². The van der Waals surface area contributed by atoms with E-state index < -0.39 is 0 Å². The Labute approximate surface area is 125 Å². The van der Waals surface area contributed by atoms with Crippen molar-refractivity contribution in [2.75, 3.05) is 19.7 Å². The van der Waals surface area contributed by atoms with Crippen molar-refractivity contribution in [1.29, 1.82) is 0 Å². The van der Waals surface area contributed by atoms with E-state index in [2.05, 4.69) is 26.2 Å². The molecule has 0 saturated carbocycles. The minimum Gasteiger partial charge on any atom is -0.373 e. The van der Waals surface area contributed by atoms with Gasteiger partial charge in [-0.05, 0) is 13.3 Å². The molecule has 0 spiro atoms. The largest absolute Gasteiger partial charge is 0.373 e. The molecule has 0 bridgehead atoms. The Morgan fingerprint density at radius 3 is 3.10 bits per heavy atom. The molecule has 1 saturated heterocycles. The van der Waals surface area contributed by atoms with Crippen LogP contribution in [0.2, 0.25) is 0 Å². The molecule has 2 atom stereocenters. The van der Waals surface area contributed by atoms with Crippen LogP contribution in [-0.2, 0) is 18.3 Å². The summed E-state index contributed by atoms with van der Waals surface area (Å²) in [7, 11) is 1.94. The normalized spacial score (nSPS) is 22.0. The highest BCUT2D eigenvalue weighted by atomic mass is 16.5. The number of imidazole rings is 1. The molecule has 1 aliphatic heterocycles. The molecule has 2 aromatic heterocycles. The van der Waals surface area contributed by atoms with Crippen LogP contribution in [-0.4, -0.2) is 39.0 Å². The second kappa shape index (κ2) is 6.41. The highest BCUT2D eigenvalue weighted by molar-refractivity contribution is 5.11. The van der Waals surface area contributed by atoms with Crippen molar-refractivity contribution in [3.8, 4) is 0 Å². The van der Waals surface area contributed by atoms with Crippen molar-refractivity contribution in [2.24, 2.45) is 13.0 Å². The van der Waals surface area contributed by atoms with Gasteiger partial charge in [-0.2, -0.15) is 5.10 Å². The maximum Gasteiger partial charge on any atom is 0.105 e. The number of nitrogens with one attached hydrogen (secondary N) is 1. The van der Waals surface area contributed by atoms with Crippen molar-refractivity contribution >= 4 is 0 Å². The van der Waals surface area contributed by atoms with Crippen LogP contribution in [0, 0.1) is 12.8 Å². The standard InChI is InChI=1S/C15H23N5O/c1-12-17-5-7-20(12)6-4-16-9-13-3-8-21-15(13)14-10-18-19(2)11-14/h5,7,10-11,13,15-16H,3-4,6,8-9H2,1-2H3/t13-,15+/m1/s1. The molecule has 0 aliphatic carbocycles. The van der Waals surface area contributed by atoms with E-state index in [9.17, 15) is 0 Å². The third-order valence-corrected chi connectivity index (χ3v) is 4.13. The summed E-state index contributed by atoms with van der Waals surface area (Å²) < 4.78 is 9.88. The molecular weight excluding hydrogens is 266 g/mol. The topological polar surface area (TPSA) is 56.9 Å². The van der Waals surface area contributed by atoms with E-state index in [1.807, 2.05) is 37.2 Å². The average molecular weight is 289 g/mol. The van der Waals surface area contributed by atoms with E-state index in [-0.39, 0.29) is 6.10 Å². The van der Waals surface area contributed by atoms with E-state index in [1.165, 1.54) is 5.56 Å². The maximum absolute atomic E-state index is 5.88. The summed E-state index contributed by atoms with van der Waals surface area (Å²) in [4.78, 5) is 4.23. The van der Waals surface area contributed by atoms with Gasteiger partial charge >= 0.3 is 0 Å². The number of ether oxygens (including phenoxy) is 1. The van der Waals surface area contributed by atoms with Crippen molar-refractivity contribution < 1.29 is 4.74 Å². The Kier molecular flexibility index (Phi) is 4.36. The summed E-state index contributed by atoms with van der Waals surface area (Å²) in [6.07, 6.45) is 9.13. The Morgan fingerprint density at radius 1 is 1.48 bits per heavy atom. The lowest BCUT2D eigenvalue weighted by Crippen LogP contribution is -2.28. The highest BCUT2D eigenvalue weighted by Crippen LogP contribution is 2.33. The Balaban J connectivity index is 1.47. The van der Waals surface area contributed by atoms with Gasteiger partial charge in [0.1, 0.15) is 5.82 Å². The number of aromatic nitrogens is 4. The van der Waals surface area contributed by atoms with Gasteiger partial charge in [-0.1, -0.05) is 0 Å². The van der Waals surface area contributed by atoms with Gasteiger partial charge in [0.2, 0.25) is 0 Å². The van der Waals surface area contributed by atoms with Gasteiger partial charge in [-0.15, -0.1) is 0 Å². The number of hydrogen-bond donors (Lipinski definition) is 1. The molecule has 1 N–H and O–H groups in total.